The Kier molecular flexibility index (Phi) is 4.54. The Labute approximate surface area is 142 Å². The van der Waals surface area contributed by atoms with E-state index in [2.05, 4.69) is 21.4 Å². The van der Waals surface area contributed by atoms with Crippen LogP contribution in [0.15, 0.2) is 12.5 Å². The van der Waals surface area contributed by atoms with Crippen molar-refractivity contribution in [1.82, 2.24) is 14.5 Å². The molecule has 10 heteroatoms. The van der Waals surface area contributed by atoms with Gasteiger partial charge in [-0.1, -0.05) is 0 Å². The fourth-order valence-corrected chi connectivity index (χ4v) is 2.85. The monoisotopic (exact) mass is 347 g/mol. The molecule has 2 aromatic rings. The summed E-state index contributed by atoms with van der Waals surface area (Å²) in [6.07, 6.45) is -1.61. The van der Waals surface area contributed by atoms with Crippen molar-refractivity contribution in [2.24, 2.45) is 0 Å². The lowest BCUT2D eigenvalue weighted by Gasteiger charge is -2.17. The van der Waals surface area contributed by atoms with E-state index in [1.165, 1.54) is 24.0 Å². The van der Waals surface area contributed by atoms with Crippen LogP contribution in [0.2, 0.25) is 0 Å². The maximum atomic E-state index is 10.9. The van der Waals surface area contributed by atoms with Gasteiger partial charge in [-0.2, -0.15) is 5.26 Å². The number of anilines is 1. The van der Waals surface area contributed by atoms with Crippen molar-refractivity contribution in [3.8, 4) is 6.07 Å². The number of carbonyl (C=O) groups is 1. The number of ether oxygens (including phenoxy) is 2. The van der Waals surface area contributed by atoms with Crippen molar-refractivity contribution in [3.05, 3.63) is 18.1 Å². The zero-order valence-corrected chi connectivity index (χ0v) is 13.6. The molecule has 0 aliphatic carbocycles. The van der Waals surface area contributed by atoms with Crippen molar-refractivity contribution in [2.75, 3.05) is 19.0 Å². The predicted molar refractivity (Wildman–Crippen MR) is 84.3 cm³/mol. The van der Waals surface area contributed by atoms with Crippen molar-refractivity contribution in [2.45, 2.75) is 31.5 Å². The van der Waals surface area contributed by atoms with Gasteiger partial charge >= 0.3 is 5.97 Å². The van der Waals surface area contributed by atoms with Crippen LogP contribution in [0.4, 0.5) is 5.82 Å². The number of rotatable bonds is 4. The summed E-state index contributed by atoms with van der Waals surface area (Å²) in [6.45, 7) is 1.05. The van der Waals surface area contributed by atoms with Crippen LogP contribution in [0.5, 0.6) is 0 Å². The number of nitriles is 1. The van der Waals surface area contributed by atoms with Crippen LogP contribution in [-0.4, -0.2) is 62.7 Å². The molecule has 3 heterocycles. The fraction of sp³-hybridized carbons (Fsp3) is 0.467. The van der Waals surface area contributed by atoms with Gasteiger partial charge in [0.15, 0.2) is 6.23 Å². The van der Waals surface area contributed by atoms with Gasteiger partial charge in [-0.3, -0.25) is 4.79 Å². The Bertz CT molecular complexity index is 845. The standard InChI is InChI=1S/C15H17N5O5/c1-7(21)24-5-9-11(22)12(23)15(25-9)20-4-8(3-16)10-13(17-2)18-6-19-14(10)20/h4,6,9,11-12,15,22-23H,5H2,1-2H3,(H,17,18,19)/t9-,11-,12-,15-/m1/s1. The summed E-state index contributed by atoms with van der Waals surface area (Å²) in [5.41, 5.74) is 0.675. The zero-order valence-electron chi connectivity index (χ0n) is 13.6. The van der Waals surface area contributed by atoms with E-state index in [4.69, 9.17) is 9.47 Å². The molecular formula is C15H17N5O5. The smallest absolute Gasteiger partial charge is 0.302 e. The maximum Gasteiger partial charge on any atom is 0.302 e. The molecular weight excluding hydrogens is 330 g/mol. The Hall–Kier alpha value is -2.74. The number of aromatic nitrogens is 3. The molecule has 0 saturated carbocycles. The average Bonchev–Trinajstić information content (AvgIpc) is 3.11. The Morgan fingerprint density at radius 1 is 1.48 bits per heavy atom. The summed E-state index contributed by atoms with van der Waals surface area (Å²) in [6, 6.07) is 2.06. The van der Waals surface area contributed by atoms with Crippen molar-refractivity contribution in [3.63, 3.8) is 0 Å². The second-order valence-electron chi connectivity index (χ2n) is 5.58. The van der Waals surface area contributed by atoms with Gasteiger partial charge in [0.2, 0.25) is 0 Å². The quantitative estimate of drug-likeness (QED) is 0.625. The van der Waals surface area contributed by atoms with Gasteiger partial charge in [-0.05, 0) is 0 Å². The first-order valence-electron chi connectivity index (χ1n) is 7.56. The van der Waals surface area contributed by atoms with E-state index in [0.29, 0.717) is 22.4 Å². The number of fused-ring (bicyclic) bond motifs is 1. The van der Waals surface area contributed by atoms with Crippen LogP contribution in [0.25, 0.3) is 11.0 Å². The molecule has 0 radical (unpaired) electrons. The van der Waals surface area contributed by atoms with Gasteiger partial charge in [-0.25, -0.2) is 9.97 Å². The molecule has 0 amide bonds. The molecule has 0 spiro atoms. The SMILES string of the molecule is CNc1ncnc2c1c(C#N)cn2[C@@H]1O[C@H](COC(C)=O)[C@@H](O)[C@H]1O. The number of aliphatic hydroxyl groups is 2. The third kappa shape index (κ3) is 2.89. The molecule has 0 unspecified atom stereocenters. The summed E-state index contributed by atoms with van der Waals surface area (Å²) in [4.78, 5) is 19.2. The van der Waals surface area contributed by atoms with E-state index >= 15 is 0 Å². The van der Waals surface area contributed by atoms with Gasteiger partial charge in [-0.15, -0.1) is 0 Å². The highest BCUT2D eigenvalue weighted by Gasteiger charge is 2.45. The first kappa shape index (κ1) is 17.1. The van der Waals surface area contributed by atoms with Crippen LogP contribution >= 0.6 is 0 Å². The van der Waals surface area contributed by atoms with Crippen LogP contribution in [-0.2, 0) is 14.3 Å². The summed E-state index contributed by atoms with van der Waals surface area (Å²) in [5.74, 6) is -0.0527. The van der Waals surface area contributed by atoms with E-state index in [9.17, 15) is 20.3 Å². The number of hydrogen-bond donors (Lipinski definition) is 3. The van der Waals surface area contributed by atoms with Crippen LogP contribution < -0.4 is 5.32 Å². The molecule has 3 N–H and O–H groups in total. The third-order valence-electron chi connectivity index (χ3n) is 4.03. The minimum absolute atomic E-state index is 0.189. The highest BCUT2D eigenvalue weighted by Crippen LogP contribution is 2.34. The minimum atomic E-state index is -1.28. The van der Waals surface area contributed by atoms with Gasteiger partial charge in [0.25, 0.3) is 0 Å². The van der Waals surface area contributed by atoms with E-state index in [1.54, 1.807) is 7.05 Å². The molecule has 132 valence electrons. The molecule has 25 heavy (non-hydrogen) atoms. The zero-order chi connectivity index (χ0) is 18.1. The minimum Gasteiger partial charge on any atom is -0.463 e. The van der Waals surface area contributed by atoms with Crippen LogP contribution in [0.3, 0.4) is 0 Å². The molecule has 1 fully saturated rings. The largest absolute Gasteiger partial charge is 0.463 e. The Balaban J connectivity index is 1.99. The van der Waals surface area contributed by atoms with Gasteiger partial charge in [0, 0.05) is 20.2 Å². The van der Waals surface area contributed by atoms with Gasteiger partial charge in [0.1, 0.15) is 48.8 Å². The number of nitrogens with one attached hydrogen (secondary N) is 1. The van der Waals surface area contributed by atoms with E-state index < -0.39 is 30.5 Å². The van der Waals surface area contributed by atoms with Crippen LogP contribution in [0, 0.1) is 11.3 Å². The number of carbonyl (C=O) groups excluding carboxylic acids is 1. The lowest BCUT2D eigenvalue weighted by Crippen LogP contribution is -2.34. The Morgan fingerprint density at radius 3 is 2.88 bits per heavy atom. The van der Waals surface area contributed by atoms with Crippen molar-refractivity contribution < 1.29 is 24.5 Å². The summed E-state index contributed by atoms with van der Waals surface area (Å²) in [7, 11) is 1.67. The molecule has 3 rings (SSSR count). The van der Waals surface area contributed by atoms with Crippen molar-refractivity contribution in [1.29, 1.82) is 5.26 Å². The van der Waals surface area contributed by atoms with Gasteiger partial charge < -0.3 is 29.6 Å². The number of aliphatic hydroxyl groups excluding tert-OH is 2. The summed E-state index contributed by atoms with van der Waals surface area (Å²) >= 11 is 0. The molecule has 1 aliphatic heterocycles. The molecule has 10 nitrogen and oxygen atoms in total. The molecule has 1 saturated heterocycles. The number of esters is 1. The molecule has 2 aromatic heterocycles. The van der Waals surface area contributed by atoms with E-state index in [0.717, 1.165) is 0 Å². The second-order valence-corrected chi connectivity index (χ2v) is 5.58. The van der Waals surface area contributed by atoms with Gasteiger partial charge in [0.05, 0.1) is 10.9 Å². The molecule has 0 aromatic carbocycles. The summed E-state index contributed by atoms with van der Waals surface area (Å²) < 4.78 is 12.0. The van der Waals surface area contributed by atoms with Crippen molar-refractivity contribution >= 4 is 22.8 Å². The van der Waals surface area contributed by atoms with Crippen LogP contribution in [0.1, 0.15) is 18.7 Å². The first-order valence-corrected chi connectivity index (χ1v) is 7.56. The summed E-state index contributed by atoms with van der Waals surface area (Å²) in [5, 5.41) is 33.2. The highest BCUT2D eigenvalue weighted by molar-refractivity contribution is 5.92. The number of nitrogens with zero attached hydrogens (tertiary/aromatic N) is 4. The predicted octanol–water partition coefficient (Wildman–Crippen LogP) is -0.473. The fourth-order valence-electron chi connectivity index (χ4n) is 2.85. The molecule has 4 atom stereocenters. The lowest BCUT2D eigenvalue weighted by atomic mass is 10.1. The molecule has 1 aliphatic rings. The molecule has 0 bridgehead atoms. The van der Waals surface area contributed by atoms with E-state index in [-0.39, 0.29) is 6.61 Å². The number of hydrogen-bond acceptors (Lipinski definition) is 9. The first-order chi connectivity index (χ1) is 12.0. The van der Waals surface area contributed by atoms with E-state index in [1.807, 2.05) is 0 Å². The Morgan fingerprint density at radius 2 is 2.24 bits per heavy atom. The maximum absolute atomic E-state index is 10.9. The highest BCUT2D eigenvalue weighted by atomic mass is 16.6. The topological polar surface area (TPSA) is 143 Å². The second kappa shape index (κ2) is 6.64. The third-order valence-corrected chi connectivity index (χ3v) is 4.03. The normalized spacial score (nSPS) is 25.7. The average molecular weight is 347 g/mol. The lowest BCUT2D eigenvalue weighted by molar-refractivity contribution is -0.147.